The molecule has 0 aliphatic heterocycles. The standard InChI is InChI=1S/C27H20FN3O3S2/c28-18-8-10-19(11-9-18)36-26-12-7-17(14-24(26)31(33)34)27(32)30-16-22(25-6-3-13-35-25)21-15-29-23-5-2-1-4-20(21)23/h1-15,22,29H,16H2,(H,30,32)/t22-/m0/s1. The van der Waals surface area contributed by atoms with Crippen LogP contribution in [0, 0.1) is 15.9 Å². The van der Waals surface area contributed by atoms with E-state index in [4.69, 9.17) is 0 Å². The van der Waals surface area contributed by atoms with Crippen molar-refractivity contribution in [3.63, 3.8) is 0 Å². The summed E-state index contributed by atoms with van der Waals surface area (Å²) < 4.78 is 13.2. The maximum atomic E-state index is 13.2. The fourth-order valence-corrected chi connectivity index (χ4v) is 5.80. The Kier molecular flexibility index (Phi) is 6.84. The highest BCUT2D eigenvalue weighted by Gasteiger charge is 2.22. The number of nitro groups is 1. The van der Waals surface area contributed by atoms with Gasteiger partial charge < -0.3 is 10.3 Å². The molecular weight excluding hydrogens is 497 g/mol. The highest BCUT2D eigenvalue weighted by atomic mass is 32.2. The molecule has 3 aromatic carbocycles. The number of aromatic amines is 1. The molecule has 2 heterocycles. The monoisotopic (exact) mass is 517 g/mol. The van der Waals surface area contributed by atoms with Gasteiger partial charge in [0.25, 0.3) is 11.6 Å². The lowest BCUT2D eigenvalue weighted by Gasteiger charge is -2.16. The Morgan fingerprint density at radius 2 is 1.89 bits per heavy atom. The molecule has 0 aliphatic rings. The van der Waals surface area contributed by atoms with Crippen molar-refractivity contribution in [1.82, 2.24) is 10.3 Å². The van der Waals surface area contributed by atoms with Crippen molar-refractivity contribution < 1.29 is 14.1 Å². The zero-order chi connectivity index (χ0) is 25.1. The third-order valence-electron chi connectivity index (χ3n) is 5.81. The fraction of sp³-hybridized carbons (Fsp3) is 0.0741. The lowest BCUT2D eigenvalue weighted by molar-refractivity contribution is -0.387. The number of rotatable bonds is 8. The van der Waals surface area contributed by atoms with Gasteiger partial charge in [0.1, 0.15) is 5.82 Å². The van der Waals surface area contributed by atoms with Crippen LogP contribution < -0.4 is 5.32 Å². The van der Waals surface area contributed by atoms with Crippen molar-refractivity contribution in [2.24, 2.45) is 0 Å². The topological polar surface area (TPSA) is 88.0 Å². The molecule has 1 amide bonds. The van der Waals surface area contributed by atoms with E-state index < -0.39 is 10.8 Å². The van der Waals surface area contributed by atoms with Gasteiger partial charge in [-0.15, -0.1) is 11.3 Å². The molecule has 5 aromatic rings. The average molecular weight is 518 g/mol. The van der Waals surface area contributed by atoms with Crippen LogP contribution in [0.25, 0.3) is 10.9 Å². The van der Waals surface area contributed by atoms with Crippen molar-refractivity contribution in [2.45, 2.75) is 15.7 Å². The molecule has 5 rings (SSSR count). The van der Waals surface area contributed by atoms with Crippen molar-refractivity contribution in [3.05, 3.63) is 122 Å². The molecule has 0 fully saturated rings. The number of benzene rings is 3. The first-order valence-electron chi connectivity index (χ1n) is 11.1. The van der Waals surface area contributed by atoms with Gasteiger partial charge in [-0.25, -0.2) is 4.39 Å². The summed E-state index contributed by atoms with van der Waals surface area (Å²) in [5.41, 5.74) is 2.12. The number of aromatic nitrogens is 1. The minimum absolute atomic E-state index is 0.0756. The molecule has 2 N–H and O–H groups in total. The van der Waals surface area contributed by atoms with Gasteiger partial charge in [0, 0.05) is 51.0 Å². The summed E-state index contributed by atoms with van der Waals surface area (Å²) in [5.74, 6) is -0.847. The number of para-hydroxylation sites is 1. The van der Waals surface area contributed by atoms with Crippen LogP contribution in [-0.2, 0) is 0 Å². The van der Waals surface area contributed by atoms with Gasteiger partial charge in [0.05, 0.1) is 9.82 Å². The van der Waals surface area contributed by atoms with Gasteiger partial charge in [0.15, 0.2) is 0 Å². The normalized spacial score (nSPS) is 11.9. The fourth-order valence-electron chi connectivity index (χ4n) is 4.05. The van der Waals surface area contributed by atoms with E-state index in [2.05, 4.69) is 10.3 Å². The number of H-pyrrole nitrogens is 1. The van der Waals surface area contributed by atoms with Crippen LogP contribution in [0.4, 0.5) is 10.1 Å². The van der Waals surface area contributed by atoms with Crippen LogP contribution in [0.1, 0.15) is 26.7 Å². The smallest absolute Gasteiger partial charge is 0.284 e. The van der Waals surface area contributed by atoms with E-state index in [1.807, 2.05) is 48.0 Å². The van der Waals surface area contributed by atoms with E-state index in [0.29, 0.717) is 16.3 Å². The van der Waals surface area contributed by atoms with E-state index in [1.54, 1.807) is 35.6 Å². The molecule has 0 aliphatic carbocycles. The van der Waals surface area contributed by atoms with Gasteiger partial charge in [-0.2, -0.15) is 0 Å². The lowest BCUT2D eigenvalue weighted by Crippen LogP contribution is -2.28. The van der Waals surface area contributed by atoms with Crippen molar-refractivity contribution in [1.29, 1.82) is 0 Å². The first-order valence-corrected chi connectivity index (χ1v) is 12.8. The number of carbonyl (C=O) groups excluding carboxylic acids is 1. The third kappa shape index (κ3) is 5.02. The molecule has 36 heavy (non-hydrogen) atoms. The molecule has 0 spiro atoms. The van der Waals surface area contributed by atoms with Gasteiger partial charge in [0.2, 0.25) is 0 Å². The molecule has 0 bridgehead atoms. The van der Waals surface area contributed by atoms with Crippen molar-refractivity contribution in [3.8, 4) is 0 Å². The summed E-state index contributed by atoms with van der Waals surface area (Å²) >= 11 is 2.76. The summed E-state index contributed by atoms with van der Waals surface area (Å²) in [6.45, 7) is 0.334. The Labute approximate surface area is 214 Å². The van der Waals surface area contributed by atoms with Crippen LogP contribution in [-0.4, -0.2) is 22.4 Å². The quantitative estimate of drug-likeness (QED) is 0.172. The number of hydrogen-bond donors (Lipinski definition) is 2. The maximum absolute atomic E-state index is 13.2. The molecule has 9 heteroatoms. The number of halogens is 1. The summed E-state index contributed by atoms with van der Waals surface area (Å²) in [6.07, 6.45) is 1.97. The molecule has 2 aromatic heterocycles. The van der Waals surface area contributed by atoms with Gasteiger partial charge in [-0.3, -0.25) is 14.9 Å². The Morgan fingerprint density at radius 1 is 1.08 bits per heavy atom. The minimum Gasteiger partial charge on any atom is -0.361 e. The molecule has 0 radical (unpaired) electrons. The lowest BCUT2D eigenvalue weighted by atomic mass is 9.96. The second kappa shape index (κ2) is 10.3. The summed E-state index contributed by atoms with van der Waals surface area (Å²) in [6, 6.07) is 22.1. The predicted molar refractivity (Wildman–Crippen MR) is 140 cm³/mol. The van der Waals surface area contributed by atoms with Crippen molar-refractivity contribution >= 4 is 45.6 Å². The first kappa shape index (κ1) is 23.8. The molecule has 180 valence electrons. The number of carbonyl (C=O) groups is 1. The van der Waals surface area contributed by atoms with Crippen LogP contribution in [0.15, 0.2) is 100 Å². The first-order chi connectivity index (χ1) is 17.5. The summed E-state index contributed by atoms with van der Waals surface area (Å²) in [4.78, 5) is 29.7. The largest absolute Gasteiger partial charge is 0.361 e. The molecule has 0 unspecified atom stereocenters. The Bertz CT molecular complexity index is 1530. The molecule has 0 saturated heterocycles. The second-order valence-electron chi connectivity index (χ2n) is 8.06. The zero-order valence-corrected chi connectivity index (χ0v) is 20.4. The minimum atomic E-state index is -0.511. The van der Waals surface area contributed by atoms with Gasteiger partial charge in [-0.1, -0.05) is 36.0 Å². The molecule has 6 nitrogen and oxygen atoms in total. The highest BCUT2D eigenvalue weighted by Crippen LogP contribution is 2.36. The molecular formula is C27H20FN3O3S2. The molecule has 0 saturated carbocycles. The SMILES string of the molecule is O=C(NC[C@H](c1cccs1)c1c[nH]c2ccccc12)c1ccc(Sc2ccc(F)cc2)c([N+](=O)[O-])c1. The summed E-state index contributed by atoms with van der Waals surface area (Å²) in [7, 11) is 0. The third-order valence-corrected chi connectivity index (χ3v) is 7.87. The second-order valence-corrected chi connectivity index (χ2v) is 10.2. The Hall–Kier alpha value is -3.95. The van der Waals surface area contributed by atoms with Gasteiger partial charge in [-0.05, 0) is 59.5 Å². The van der Waals surface area contributed by atoms with E-state index >= 15 is 0 Å². The number of nitrogens with one attached hydrogen (secondary N) is 2. The van der Waals surface area contributed by atoms with E-state index in [-0.39, 0.29) is 23.0 Å². The van der Waals surface area contributed by atoms with E-state index in [0.717, 1.165) is 33.1 Å². The summed E-state index contributed by atoms with van der Waals surface area (Å²) in [5, 5.41) is 17.8. The number of hydrogen-bond acceptors (Lipinski definition) is 5. The number of nitro benzene ring substituents is 1. The van der Waals surface area contributed by atoms with Crippen LogP contribution in [0.3, 0.4) is 0 Å². The van der Waals surface area contributed by atoms with E-state index in [9.17, 15) is 19.3 Å². The highest BCUT2D eigenvalue weighted by molar-refractivity contribution is 7.99. The zero-order valence-electron chi connectivity index (χ0n) is 18.8. The number of fused-ring (bicyclic) bond motifs is 1. The Morgan fingerprint density at radius 3 is 2.64 bits per heavy atom. The van der Waals surface area contributed by atoms with Crippen LogP contribution in [0.5, 0.6) is 0 Å². The Balaban J connectivity index is 1.37. The predicted octanol–water partition coefficient (Wildman–Crippen LogP) is 6.99. The van der Waals surface area contributed by atoms with Crippen LogP contribution in [0.2, 0.25) is 0 Å². The molecule has 1 atom stereocenters. The van der Waals surface area contributed by atoms with Crippen molar-refractivity contribution in [2.75, 3.05) is 6.54 Å². The maximum Gasteiger partial charge on any atom is 0.284 e. The number of nitrogens with zero attached hydrogens (tertiary/aromatic N) is 1. The number of thiophene rings is 1. The van der Waals surface area contributed by atoms with Gasteiger partial charge >= 0.3 is 0 Å². The van der Waals surface area contributed by atoms with E-state index in [1.165, 1.54) is 18.2 Å². The van der Waals surface area contributed by atoms with Crippen LogP contribution >= 0.6 is 23.1 Å². The average Bonchev–Trinajstić information content (AvgIpc) is 3.57. The number of amides is 1.